The standard InChI is InChI=1S/C26H26ClF3N6O2/c1-16(32-24-15-31-14-23(27)34-24)18-4-3-5-21(11-18)33-25(38)19-10-20(26(28,29)30)13-22(12-19)36-8-6-35(7-9-36)17(2)37/h3-5,10-16H,6-9H2,1-2H3,(H,32,34)(H,33,38)/t16-/m0/s1. The summed E-state index contributed by atoms with van der Waals surface area (Å²) in [7, 11) is 0. The number of piperazine rings is 1. The number of hydrogen-bond donors (Lipinski definition) is 2. The van der Waals surface area contributed by atoms with Gasteiger partial charge in [-0.05, 0) is 42.8 Å². The molecule has 1 atom stereocenters. The summed E-state index contributed by atoms with van der Waals surface area (Å²) >= 11 is 5.88. The van der Waals surface area contributed by atoms with Gasteiger partial charge in [-0.15, -0.1) is 0 Å². The first kappa shape index (κ1) is 27.2. The molecular weight excluding hydrogens is 521 g/mol. The van der Waals surface area contributed by atoms with E-state index < -0.39 is 17.6 Å². The minimum Gasteiger partial charge on any atom is -0.368 e. The second-order valence-corrected chi connectivity index (χ2v) is 9.32. The maximum absolute atomic E-state index is 13.7. The van der Waals surface area contributed by atoms with Crippen molar-refractivity contribution in [2.75, 3.05) is 41.7 Å². The van der Waals surface area contributed by atoms with E-state index in [2.05, 4.69) is 20.6 Å². The van der Waals surface area contributed by atoms with Crippen LogP contribution in [-0.4, -0.2) is 52.9 Å². The molecule has 1 fully saturated rings. The van der Waals surface area contributed by atoms with Gasteiger partial charge in [0, 0.05) is 50.0 Å². The maximum Gasteiger partial charge on any atom is 0.416 e. The van der Waals surface area contributed by atoms with Crippen molar-refractivity contribution in [3.63, 3.8) is 0 Å². The number of alkyl halides is 3. The Bertz CT molecular complexity index is 1330. The van der Waals surface area contributed by atoms with Crippen LogP contribution >= 0.6 is 11.6 Å². The highest BCUT2D eigenvalue weighted by molar-refractivity contribution is 6.29. The molecule has 2 amide bonds. The number of aromatic nitrogens is 2. The van der Waals surface area contributed by atoms with Crippen LogP contribution in [0.4, 0.5) is 30.4 Å². The van der Waals surface area contributed by atoms with Gasteiger partial charge in [-0.25, -0.2) is 4.98 Å². The zero-order valence-electron chi connectivity index (χ0n) is 20.7. The van der Waals surface area contributed by atoms with E-state index >= 15 is 0 Å². The van der Waals surface area contributed by atoms with Gasteiger partial charge in [0.05, 0.1) is 24.0 Å². The van der Waals surface area contributed by atoms with Crippen molar-refractivity contribution < 1.29 is 22.8 Å². The van der Waals surface area contributed by atoms with Gasteiger partial charge in [-0.1, -0.05) is 23.7 Å². The fourth-order valence-electron chi connectivity index (χ4n) is 4.17. The highest BCUT2D eigenvalue weighted by atomic mass is 35.5. The molecule has 4 rings (SSSR count). The van der Waals surface area contributed by atoms with Crippen LogP contribution in [-0.2, 0) is 11.0 Å². The van der Waals surface area contributed by atoms with Crippen molar-refractivity contribution in [2.24, 2.45) is 0 Å². The SMILES string of the molecule is CC(=O)N1CCN(c2cc(C(=O)Nc3cccc([C@H](C)Nc4cncc(Cl)n4)c3)cc(C(F)(F)F)c2)CC1. The minimum absolute atomic E-state index is 0.0824. The summed E-state index contributed by atoms with van der Waals surface area (Å²) in [6.07, 6.45) is -1.69. The Balaban J connectivity index is 1.53. The Morgan fingerprint density at radius 3 is 2.45 bits per heavy atom. The molecule has 3 aromatic rings. The van der Waals surface area contributed by atoms with Crippen molar-refractivity contribution >= 4 is 40.6 Å². The van der Waals surface area contributed by atoms with Crippen LogP contribution < -0.4 is 15.5 Å². The Kier molecular flexibility index (Phi) is 8.05. The first-order chi connectivity index (χ1) is 18.0. The fourth-order valence-corrected chi connectivity index (χ4v) is 4.32. The van der Waals surface area contributed by atoms with E-state index in [0.29, 0.717) is 37.7 Å². The largest absolute Gasteiger partial charge is 0.416 e. The van der Waals surface area contributed by atoms with E-state index in [1.807, 2.05) is 13.0 Å². The lowest BCUT2D eigenvalue weighted by atomic mass is 10.1. The summed E-state index contributed by atoms with van der Waals surface area (Å²) in [5.74, 6) is -0.278. The van der Waals surface area contributed by atoms with Crippen molar-refractivity contribution in [3.05, 3.63) is 76.7 Å². The smallest absolute Gasteiger partial charge is 0.368 e. The molecule has 0 bridgehead atoms. The van der Waals surface area contributed by atoms with Crippen LogP contribution in [0.15, 0.2) is 54.9 Å². The molecule has 2 heterocycles. The molecule has 2 aromatic carbocycles. The third kappa shape index (κ3) is 6.71. The molecule has 1 aromatic heterocycles. The van der Waals surface area contributed by atoms with Gasteiger partial charge in [-0.3, -0.25) is 14.6 Å². The molecule has 200 valence electrons. The van der Waals surface area contributed by atoms with Gasteiger partial charge in [-0.2, -0.15) is 13.2 Å². The lowest BCUT2D eigenvalue weighted by Crippen LogP contribution is -2.48. The lowest BCUT2D eigenvalue weighted by Gasteiger charge is -2.36. The molecule has 1 aliphatic heterocycles. The molecule has 0 spiro atoms. The quantitative estimate of drug-likeness (QED) is 0.439. The molecule has 1 saturated heterocycles. The number of nitrogens with one attached hydrogen (secondary N) is 2. The highest BCUT2D eigenvalue weighted by Crippen LogP contribution is 2.34. The van der Waals surface area contributed by atoms with E-state index in [1.54, 1.807) is 28.0 Å². The molecule has 38 heavy (non-hydrogen) atoms. The number of benzene rings is 2. The summed E-state index contributed by atoms with van der Waals surface area (Å²) in [4.78, 5) is 36.2. The molecule has 0 radical (unpaired) electrons. The normalized spacial score (nSPS) is 14.7. The van der Waals surface area contributed by atoms with Crippen molar-refractivity contribution in [1.29, 1.82) is 0 Å². The molecule has 8 nitrogen and oxygen atoms in total. The maximum atomic E-state index is 13.7. The number of halogens is 4. The molecule has 2 N–H and O–H groups in total. The lowest BCUT2D eigenvalue weighted by molar-refractivity contribution is -0.137. The summed E-state index contributed by atoms with van der Waals surface area (Å²) < 4.78 is 41.1. The molecule has 12 heteroatoms. The topological polar surface area (TPSA) is 90.5 Å². The van der Waals surface area contributed by atoms with Crippen LogP contribution in [0.2, 0.25) is 5.15 Å². The third-order valence-corrected chi connectivity index (χ3v) is 6.39. The number of rotatable bonds is 6. The van der Waals surface area contributed by atoms with Crippen LogP contribution in [0.3, 0.4) is 0 Å². The average Bonchev–Trinajstić information content (AvgIpc) is 2.88. The second-order valence-electron chi connectivity index (χ2n) is 8.93. The number of hydrogen-bond acceptors (Lipinski definition) is 6. The Hall–Kier alpha value is -3.86. The number of carbonyl (C=O) groups excluding carboxylic acids is 2. The van der Waals surface area contributed by atoms with Gasteiger partial charge in [0.2, 0.25) is 5.91 Å². The van der Waals surface area contributed by atoms with Gasteiger partial charge in [0.1, 0.15) is 11.0 Å². The summed E-state index contributed by atoms with van der Waals surface area (Å²) in [6, 6.07) is 10.1. The van der Waals surface area contributed by atoms with Gasteiger partial charge in [0.15, 0.2) is 0 Å². The van der Waals surface area contributed by atoms with E-state index in [0.717, 1.165) is 17.7 Å². The van der Waals surface area contributed by atoms with Crippen molar-refractivity contribution in [3.8, 4) is 0 Å². The zero-order chi connectivity index (χ0) is 27.4. The average molecular weight is 547 g/mol. The Morgan fingerprint density at radius 1 is 1.05 bits per heavy atom. The van der Waals surface area contributed by atoms with E-state index in [4.69, 9.17) is 11.6 Å². The van der Waals surface area contributed by atoms with Gasteiger partial charge in [0.25, 0.3) is 5.91 Å². The summed E-state index contributed by atoms with van der Waals surface area (Å²) in [5.41, 5.74) is 0.477. The minimum atomic E-state index is -4.63. The van der Waals surface area contributed by atoms with E-state index in [9.17, 15) is 22.8 Å². The van der Waals surface area contributed by atoms with Crippen LogP contribution in [0.25, 0.3) is 0 Å². The van der Waals surface area contributed by atoms with Gasteiger partial charge >= 0.3 is 6.18 Å². The summed E-state index contributed by atoms with van der Waals surface area (Å²) in [5, 5.41) is 6.11. The highest BCUT2D eigenvalue weighted by Gasteiger charge is 2.33. The predicted octanol–water partition coefficient (Wildman–Crippen LogP) is 5.24. The summed E-state index contributed by atoms with van der Waals surface area (Å²) in [6.45, 7) is 4.87. The van der Waals surface area contributed by atoms with Crippen molar-refractivity contribution in [2.45, 2.75) is 26.1 Å². The van der Waals surface area contributed by atoms with Crippen molar-refractivity contribution in [1.82, 2.24) is 14.9 Å². The van der Waals surface area contributed by atoms with Gasteiger partial charge < -0.3 is 20.4 Å². The third-order valence-electron chi connectivity index (χ3n) is 6.21. The van der Waals surface area contributed by atoms with Crippen LogP contribution in [0.5, 0.6) is 0 Å². The van der Waals surface area contributed by atoms with E-state index in [1.165, 1.54) is 25.4 Å². The molecular formula is C26H26ClF3N6O2. The number of anilines is 3. The predicted molar refractivity (Wildman–Crippen MR) is 139 cm³/mol. The number of nitrogens with zero attached hydrogens (tertiary/aromatic N) is 4. The molecule has 0 saturated carbocycles. The van der Waals surface area contributed by atoms with Crippen LogP contribution in [0.1, 0.15) is 41.4 Å². The first-order valence-corrected chi connectivity index (χ1v) is 12.3. The molecule has 0 aliphatic carbocycles. The Morgan fingerprint density at radius 2 is 1.79 bits per heavy atom. The Labute approximate surface area is 222 Å². The second kappa shape index (κ2) is 11.3. The molecule has 1 aliphatic rings. The molecule has 0 unspecified atom stereocenters. The first-order valence-electron chi connectivity index (χ1n) is 11.9. The fraction of sp³-hybridized carbons (Fsp3) is 0.308. The van der Waals surface area contributed by atoms with E-state index in [-0.39, 0.29) is 28.4 Å². The van der Waals surface area contributed by atoms with Crippen LogP contribution in [0, 0.1) is 0 Å². The monoisotopic (exact) mass is 546 g/mol. The number of carbonyl (C=O) groups is 2. The zero-order valence-corrected chi connectivity index (χ0v) is 21.5. The number of amides is 2.